The van der Waals surface area contributed by atoms with Crippen molar-refractivity contribution in [1.29, 1.82) is 5.26 Å². The zero-order valence-electron chi connectivity index (χ0n) is 23.9. The number of carbonyl (C=O) groups excluding carboxylic acids is 1. The van der Waals surface area contributed by atoms with Gasteiger partial charge in [0.1, 0.15) is 17.7 Å². The first kappa shape index (κ1) is 30.5. The summed E-state index contributed by atoms with van der Waals surface area (Å²) in [6.07, 6.45) is -1.27. The molecule has 2 heterocycles. The van der Waals surface area contributed by atoms with Crippen molar-refractivity contribution < 1.29 is 37.3 Å². The average Bonchev–Trinajstić information content (AvgIpc) is 3.29. The second-order valence-corrected chi connectivity index (χ2v) is 11.4. The number of morpholine rings is 1. The molecule has 1 aliphatic carbocycles. The van der Waals surface area contributed by atoms with Crippen molar-refractivity contribution in [2.24, 2.45) is 0 Å². The van der Waals surface area contributed by atoms with Gasteiger partial charge in [-0.3, -0.25) is 9.69 Å². The fourth-order valence-corrected chi connectivity index (χ4v) is 5.75. The maximum Gasteiger partial charge on any atom is 0.252 e. The summed E-state index contributed by atoms with van der Waals surface area (Å²) < 4.78 is 58.6. The van der Waals surface area contributed by atoms with Gasteiger partial charge in [-0.25, -0.2) is 8.78 Å². The van der Waals surface area contributed by atoms with Crippen molar-refractivity contribution in [3.05, 3.63) is 70.8 Å². The van der Waals surface area contributed by atoms with Crippen LogP contribution in [0.25, 0.3) is 0 Å². The van der Waals surface area contributed by atoms with Gasteiger partial charge in [-0.15, -0.1) is 0 Å². The molecule has 4 atom stereocenters. The second kappa shape index (κ2) is 13.1. The van der Waals surface area contributed by atoms with Gasteiger partial charge in [0.2, 0.25) is 0 Å². The summed E-state index contributed by atoms with van der Waals surface area (Å²) in [6, 6.07) is 12.4. The number of rotatable bonds is 10. The van der Waals surface area contributed by atoms with E-state index in [-0.39, 0.29) is 37.5 Å². The number of carbonyl (C=O) groups is 1. The van der Waals surface area contributed by atoms with Gasteiger partial charge in [-0.05, 0) is 37.6 Å². The van der Waals surface area contributed by atoms with E-state index in [2.05, 4.69) is 16.3 Å². The molecule has 3 fully saturated rings. The first-order valence-electron chi connectivity index (χ1n) is 14.3. The highest BCUT2D eigenvalue weighted by molar-refractivity contribution is 5.85. The van der Waals surface area contributed by atoms with Crippen LogP contribution < -0.4 is 5.32 Å². The molecule has 2 aliphatic heterocycles. The van der Waals surface area contributed by atoms with E-state index in [9.17, 15) is 13.6 Å². The molecule has 2 aromatic carbocycles. The molecular weight excluding hydrogens is 548 g/mol. The van der Waals surface area contributed by atoms with Crippen LogP contribution in [-0.4, -0.2) is 79.9 Å². The number of benzene rings is 2. The van der Waals surface area contributed by atoms with Gasteiger partial charge >= 0.3 is 0 Å². The van der Waals surface area contributed by atoms with Gasteiger partial charge in [0.25, 0.3) is 5.91 Å². The lowest BCUT2D eigenvalue weighted by Gasteiger charge is -2.43. The van der Waals surface area contributed by atoms with Crippen LogP contribution in [-0.2, 0) is 41.7 Å². The van der Waals surface area contributed by atoms with Crippen LogP contribution in [0.2, 0.25) is 0 Å². The minimum Gasteiger partial charge on any atom is -0.379 e. The quantitative estimate of drug-likeness (QED) is 0.453. The molecule has 0 spiro atoms. The number of ether oxygens (including phenoxy) is 5. The zero-order chi connectivity index (χ0) is 29.7. The lowest BCUT2D eigenvalue weighted by molar-refractivity contribution is -0.183. The molecule has 3 aliphatic rings. The maximum absolute atomic E-state index is 14.6. The molecule has 5 rings (SSSR count). The van der Waals surface area contributed by atoms with Crippen LogP contribution in [0.5, 0.6) is 0 Å². The Morgan fingerprint density at radius 3 is 2.57 bits per heavy atom. The van der Waals surface area contributed by atoms with Crippen LogP contribution in [0.3, 0.4) is 0 Å². The smallest absolute Gasteiger partial charge is 0.252 e. The largest absolute Gasteiger partial charge is 0.379 e. The van der Waals surface area contributed by atoms with Crippen molar-refractivity contribution >= 4 is 5.91 Å². The molecule has 2 saturated heterocycles. The number of hydrogen-bond donors (Lipinski definition) is 1. The molecule has 0 unspecified atom stereocenters. The summed E-state index contributed by atoms with van der Waals surface area (Å²) in [4.78, 5) is 16.2. The Morgan fingerprint density at radius 1 is 1.10 bits per heavy atom. The third kappa shape index (κ3) is 7.32. The van der Waals surface area contributed by atoms with Crippen LogP contribution in [0, 0.1) is 23.0 Å². The second-order valence-electron chi connectivity index (χ2n) is 11.4. The third-order valence-corrected chi connectivity index (χ3v) is 7.95. The van der Waals surface area contributed by atoms with Crippen molar-refractivity contribution in [3.63, 3.8) is 0 Å². The number of hydrogen-bond acceptors (Lipinski definition) is 8. The zero-order valence-corrected chi connectivity index (χ0v) is 23.9. The summed E-state index contributed by atoms with van der Waals surface area (Å²) in [5.74, 6) is -2.70. The van der Waals surface area contributed by atoms with Crippen molar-refractivity contribution in [1.82, 2.24) is 10.2 Å². The molecule has 0 radical (unpaired) electrons. The minimum absolute atomic E-state index is 0.135. The monoisotopic (exact) mass is 585 g/mol. The van der Waals surface area contributed by atoms with Crippen LogP contribution in [0.4, 0.5) is 8.78 Å². The van der Waals surface area contributed by atoms with E-state index in [0.29, 0.717) is 31.9 Å². The standard InChI is InChI=1S/C31H37F2N3O6/c1-30(2)41-27-17-31(40-20-23-7-8-24(32)15-25(23)33,29(37)35-9-10-36-11-13-38-14-12-36)16-26(28(27)42-30)39-19-22-5-3-21(18-34)4-6-22/h3-8,15,26-28H,9-14,16-17,19-20H2,1-2H3,(H,35,37)/t26-,27-,28+,31-/m1/s1. The Hall–Kier alpha value is -2.98. The number of nitrogens with one attached hydrogen (secondary N) is 1. The van der Waals surface area contributed by atoms with Crippen LogP contribution in [0.15, 0.2) is 42.5 Å². The minimum atomic E-state index is -1.42. The van der Waals surface area contributed by atoms with Crippen LogP contribution >= 0.6 is 0 Å². The predicted octanol–water partition coefficient (Wildman–Crippen LogP) is 3.44. The van der Waals surface area contributed by atoms with Gasteiger partial charge in [-0.2, -0.15) is 5.26 Å². The Balaban J connectivity index is 1.37. The number of halogens is 2. The number of fused-ring (bicyclic) bond motifs is 1. The molecule has 42 heavy (non-hydrogen) atoms. The number of nitrogens with zero attached hydrogens (tertiary/aromatic N) is 2. The van der Waals surface area contributed by atoms with Crippen molar-refractivity contribution in [2.75, 3.05) is 39.4 Å². The van der Waals surface area contributed by atoms with Gasteiger partial charge in [0.15, 0.2) is 11.4 Å². The number of nitriles is 1. The summed E-state index contributed by atoms with van der Waals surface area (Å²) in [7, 11) is 0. The molecule has 0 bridgehead atoms. The molecule has 9 nitrogen and oxygen atoms in total. The Kier molecular flexibility index (Phi) is 9.52. The SMILES string of the molecule is CC1(C)O[C@H]2[C@H](OCc3ccc(C#N)cc3)C[C@](OCc3ccc(F)cc3F)(C(=O)NCCN3CCOCC3)C[C@H]2O1. The summed E-state index contributed by atoms with van der Waals surface area (Å²) >= 11 is 0. The van der Waals surface area contributed by atoms with Crippen molar-refractivity contribution in [2.45, 2.75) is 69.6 Å². The lowest BCUT2D eigenvalue weighted by atomic mass is 9.78. The van der Waals surface area contributed by atoms with Gasteiger partial charge in [-0.1, -0.05) is 18.2 Å². The van der Waals surface area contributed by atoms with E-state index in [0.717, 1.165) is 30.8 Å². The fraction of sp³-hybridized carbons (Fsp3) is 0.548. The Morgan fingerprint density at radius 2 is 1.86 bits per heavy atom. The third-order valence-electron chi connectivity index (χ3n) is 7.95. The first-order chi connectivity index (χ1) is 20.2. The summed E-state index contributed by atoms with van der Waals surface area (Å²) in [6.45, 7) is 7.50. The number of amides is 1. The maximum atomic E-state index is 14.6. The highest BCUT2D eigenvalue weighted by atomic mass is 19.1. The topological polar surface area (TPSA) is 102 Å². The summed E-state index contributed by atoms with van der Waals surface area (Å²) in [5.41, 5.74) is 0.105. The van der Waals surface area contributed by atoms with E-state index < -0.39 is 41.3 Å². The molecule has 11 heteroatoms. The normalized spacial score (nSPS) is 27.3. The molecule has 1 saturated carbocycles. The molecular formula is C31H37F2N3O6. The molecule has 0 aromatic heterocycles. The van der Waals surface area contributed by atoms with E-state index >= 15 is 0 Å². The van der Waals surface area contributed by atoms with Gasteiger partial charge in [0, 0.05) is 50.7 Å². The summed E-state index contributed by atoms with van der Waals surface area (Å²) in [5, 5.41) is 12.1. The van der Waals surface area contributed by atoms with E-state index in [1.165, 1.54) is 6.07 Å². The highest BCUT2D eigenvalue weighted by Crippen LogP contribution is 2.44. The van der Waals surface area contributed by atoms with Gasteiger partial charge < -0.3 is 29.0 Å². The van der Waals surface area contributed by atoms with Crippen LogP contribution in [0.1, 0.15) is 43.4 Å². The lowest BCUT2D eigenvalue weighted by Crippen LogP contribution is -2.60. The van der Waals surface area contributed by atoms with Crippen molar-refractivity contribution in [3.8, 4) is 6.07 Å². The Labute approximate surface area is 244 Å². The Bertz CT molecular complexity index is 1280. The molecule has 1 N–H and O–H groups in total. The fourth-order valence-electron chi connectivity index (χ4n) is 5.75. The van der Waals surface area contributed by atoms with E-state index in [4.69, 9.17) is 28.9 Å². The average molecular weight is 586 g/mol. The molecule has 2 aromatic rings. The van der Waals surface area contributed by atoms with E-state index in [1.54, 1.807) is 12.1 Å². The first-order valence-corrected chi connectivity index (χ1v) is 14.3. The molecule has 226 valence electrons. The van der Waals surface area contributed by atoms with Gasteiger partial charge in [0.05, 0.1) is 50.3 Å². The highest BCUT2D eigenvalue weighted by Gasteiger charge is 2.58. The molecule has 1 amide bonds. The predicted molar refractivity (Wildman–Crippen MR) is 147 cm³/mol. The van der Waals surface area contributed by atoms with E-state index in [1.807, 2.05) is 26.0 Å².